The van der Waals surface area contributed by atoms with E-state index in [0.717, 1.165) is 11.4 Å². The standard InChI is InChI=1S/C12H15N3.H2O4S/c1-14(2)11-9-13-15(3)12(11)10-7-5-4-6-8-10;1-5(2,3)4/h4-9H,1-3H3;(H2,1,2,3,4). The third kappa shape index (κ3) is 5.00. The SMILES string of the molecule is CN(C)c1cnn(C)c1-c1ccccc1.O=S(=O)(O)O. The van der Waals surface area contributed by atoms with Crippen LogP contribution in [0.4, 0.5) is 5.69 Å². The fraction of sp³-hybridized carbons (Fsp3) is 0.250. The van der Waals surface area contributed by atoms with Gasteiger partial charge in [-0.3, -0.25) is 13.8 Å². The van der Waals surface area contributed by atoms with Crippen molar-refractivity contribution in [2.75, 3.05) is 19.0 Å². The van der Waals surface area contributed by atoms with Crippen molar-refractivity contribution in [3.05, 3.63) is 36.5 Å². The van der Waals surface area contributed by atoms with E-state index in [1.807, 2.05) is 50.2 Å². The molecule has 7 nitrogen and oxygen atoms in total. The Hall–Kier alpha value is -1.90. The first-order valence-corrected chi connectivity index (χ1v) is 7.04. The molecule has 1 aromatic heterocycles. The highest BCUT2D eigenvalue weighted by Gasteiger charge is 2.11. The van der Waals surface area contributed by atoms with E-state index >= 15 is 0 Å². The largest absolute Gasteiger partial charge is 0.394 e. The molecule has 0 atom stereocenters. The van der Waals surface area contributed by atoms with Crippen LogP contribution in [-0.2, 0) is 17.4 Å². The first kappa shape index (κ1) is 16.2. The van der Waals surface area contributed by atoms with Crippen molar-refractivity contribution in [3.63, 3.8) is 0 Å². The molecule has 20 heavy (non-hydrogen) atoms. The minimum Gasteiger partial charge on any atom is -0.375 e. The minimum absolute atomic E-state index is 1.14. The summed E-state index contributed by atoms with van der Waals surface area (Å²) >= 11 is 0. The number of nitrogens with zero attached hydrogens (tertiary/aromatic N) is 3. The van der Waals surface area contributed by atoms with E-state index in [1.54, 1.807) is 0 Å². The van der Waals surface area contributed by atoms with E-state index < -0.39 is 10.4 Å². The lowest BCUT2D eigenvalue weighted by molar-refractivity contribution is 0.381. The van der Waals surface area contributed by atoms with E-state index in [1.165, 1.54) is 5.56 Å². The molecule has 0 aliphatic heterocycles. The molecule has 0 saturated heterocycles. The van der Waals surface area contributed by atoms with Crippen LogP contribution < -0.4 is 4.90 Å². The molecule has 0 unspecified atom stereocenters. The molecule has 0 spiro atoms. The predicted octanol–water partition coefficient (Wildman–Crippen LogP) is 1.50. The maximum absolute atomic E-state index is 8.74. The number of benzene rings is 1. The molecule has 0 bridgehead atoms. The molecule has 0 fully saturated rings. The lowest BCUT2D eigenvalue weighted by atomic mass is 10.1. The summed E-state index contributed by atoms with van der Waals surface area (Å²) < 4.78 is 33.5. The fourth-order valence-corrected chi connectivity index (χ4v) is 1.68. The van der Waals surface area contributed by atoms with Crippen LogP contribution in [0.5, 0.6) is 0 Å². The van der Waals surface area contributed by atoms with Gasteiger partial charge in [-0.1, -0.05) is 30.3 Å². The number of anilines is 1. The molecule has 0 amide bonds. The van der Waals surface area contributed by atoms with Crippen LogP contribution in [0.1, 0.15) is 0 Å². The molecule has 0 radical (unpaired) electrons. The van der Waals surface area contributed by atoms with Gasteiger partial charge in [0.15, 0.2) is 0 Å². The van der Waals surface area contributed by atoms with Gasteiger partial charge >= 0.3 is 10.4 Å². The van der Waals surface area contributed by atoms with Gasteiger partial charge in [0, 0.05) is 26.7 Å². The van der Waals surface area contributed by atoms with Crippen molar-refractivity contribution < 1.29 is 17.5 Å². The maximum atomic E-state index is 8.74. The summed E-state index contributed by atoms with van der Waals surface area (Å²) in [5.74, 6) is 0. The highest BCUT2D eigenvalue weighted by molar-refractivity contribution is 7.79. The Bertz CT molecular complexity index is 643. The Kier molecular flexibility index (Phi) is 5.26. The smallest absolute Gasteiger partial charge is 0.375 e. The van der Waals surface area contributed by atoms with Crippen LogP contribution in [0.25, 0.3) is 11.3 Å². The van der Waals surface area contributed by atoms with E-state index in [9.17, 15) is 0 Å². The molecule has 0 saturated carbocycles. The molecule has 2 N–H and O–H groups in total. The van der Waals surface area contributed by atoms with E-state index in [0.29, 0.717) is 0 Å². The molecule has 110 valence electrons. The third-order valence-electron chi connectivity index (χ3n) is 2.45. The van der Waals surface area contributed by atoms with Gasteiger partial charge in [0.2, 0.25) is 0 Å². The summed E-state index contributed by atoms with van der Waals surface area (Å²) in [6.07, 6.45) is 1.89. The molecular weight excluding hydrogens is 282 g/mol. The van der Waals surface area contributed by atoms with Crippen molar-refractivity contribution in [1.82, 2.24) is 9.78 Å². The van der Waals surface area contributed by atoms with E-state index in [-0.39, 0.29) is 0 Å². The van der Waals surface area contributed by atoms with Crippen molar-refractivity contribution in [2.24, 2.45) is 7.05 Å². The van der Waals surface area contributed by atoms with Gasteiger partial charge in [-0.2, -0.15) is 13.5 Å². The Balaban J connectivity index is 0.000000347. The topological polar surface area (TPSA) is 95.7 Å². The predicted molar refractivity (Wildman–Crippen MR) is 77.1 cm³/mol. The Morgan fingerprint density at radius 1 is 1.15 bits per heavy atom. The summed E-state index contributed by atoms with van der Waals surface area (Å²) in [5.41, 5.74) is 3.49. The summed E-state index contributed by atoms with van der Waals surface area (Å²) in [7, 11) is 1.36. The second kappa shape index (κ2) is 6.51. The summed E-state index contributed by atoms with van der Waals surface area (Å²) in [6.45, 7) is 0. The van der Waals surface area contributed by atoms with Crippen LogP contribution in [0, 0.1) is 0 Å². The number of hydrogen-bond acceptors (Lipinski definition) is 4. The zero-order valence-corrected chi connectivity index (χ0v) is 12.2. The second-order valence-corrected chi connectivity index (χ2v) is 5.11. The minimum atomic E-state index is -4.67. The molecular formula is C12H17N3O4S. The monoisotopic (exact) mass is 299 g/mol. The molecule has 2 rings (SSSR count). The summed E-state index contributed by atoms with van der Waals surface area (Å²) in [6, 6.07) is 10.3. The zero-order chi connectivity index (χ0) is 15.3. The summed E-state index contributed by atoms with van der Waals surface area (Å²) in [4.78, 5) is 2.08. The van der Waals surface area contributed by atoms with Crippen LogP contribution in [0.2, 0.25) is 0 Å². The van der Waals surface area contributed by atoms with Crippen molar-refractivity contribution in [1.29, 1.82) is 0 Å². The number of hydrogen-bond donors (Lipinski definition) is 2. The molecule has 0 aliphatic rings. The highest BCUT2D eigenvalue weighted by Crippen LogP contribution is 2.28. The van der Waals surface area contributed by atoms with Crippen LogP contribution in [0.15, 0.2) is 36.5 Å². The van der Waals surface area contributed by atoms with Gasteiger partial charge in [0.05, 0.1) is 17.6 Å². The number of aryl methyl sites for hydroxylation is 1. The molecule has 8 heteroatoms. The molecule has 2 aromatic rings. The first-order chi connectivity index (χ1) is 9.20. The second-order valence-electron chi connectivity index (χ2n) is 4.21. The first-order valence-electron chi connectivity index (χ1n) is 5.64. The lowest BCUT2D eigenvalue weighted by Gasteiger charge is -2.13. The molecule has 1 aromatic carbocycles. The Morgan fingerprint density at radius 3 is 2.10 bits per heavy atom. The normalized spacial score (nSPS) is 10.7. The van der Waals surface area contributed by atoms with Gasteiger partial charge in [0.25, 0.3) is 0 Å². The lowest BCUT2D eigenvalue weighted by Crippen LogP contribution is -2.09. The zero-order valence-electron chi connectivity index (χ0n) is 11.4. The van der Waals surface area contributed by atoms with E-state index in [4.69, 9.17) is 17.5 Å². The van der Waals surface area contributed by atoms with Crippen LogP contribution in [0.3, 0.4) is 0 Å². The van der Waals surface area contributed by atoms with Gasteiger partial charge in [0.1, 0.15) is 0 Å². The van der Waals surface area contributed by atoms with Crippen molar-refractivity contribution in [2.45, 2.75) is 0 Å². The van der Waals surface area contributed by atoms with Crippen LogP contribution in [-0.4, -0.2) is 41.4 Å². The fourth-order valence-electron chi connectivity index (χ4n) is 1.68. The third-order valence-corrected chi connectivity index (χ3v) is 2.45. The Labute approximate surface area is 118 Å². The van der Waals surface area contributed by atoms with Crippen molar-refractivity contribution in [3.8, 4) is 11.3 Å². The highest BCUT2D eigenvalue weighted by atomic mass is 32.3. The van der Waals surface area contributed by atoms with Crippen molar-refractivity contribution >= 4 is 16.1 Å². The van der Waals surface area contributed by atoms with Gasteiger partial charge in [-0.25, -0.2) is 0 Å². The van der Waals surface area contributed by atoms with Crippen LogP contribution >= 0.6 is 0 Å². The average molecular weight is 299 g/mol. The average Bonchev–Trinajstić information content (AvgIpc) is 2.70. The number of rotatable bonds is 2. The molecule has 1 heterocycles. The molecule has 0 aliphatic carbocycles. The summed E-state index contributed by atoms with van der Waals surface area (Å²) in [5, 5.41) is 4.29. The maximum Gasteiger partial charge on any atom is 0.394 e. The van der Waals surface area contributed by atoms with Gasteiger partial charge in [-0.05, 0) is 0 Å². The van der Waals surface area contributed by atoms with Gasteiger partial charge < -0.3 is 4.90 Å². The Morgan fingerprint density at radius 2 is 1.65 bits per heavy atom. The quantitative estimate of drug-likeness (QED) is 0.816. The van der Waals surface area contributed by atoms with E-state index in [2.05, 4.69) is 22.1 Å². The van der Waals surface area contributed by atoms with Gasteiger partial charge in [-0.15, -0.1) is 0 Å². The number of aromatic nitrogens is 2.